The number of aromatic nitrogens is 2. The summed E-state index contributed by atoms with van der Waals surface area (Å²) in [5, 5.41) is 4.59. The molecule has 0 amide bonds. The minimum absolute atomic E-state index is 0. The maximum Gasteiger partial charge on any atom is 0.126 e. The van der Waals surface area contributed by atoms with E-state index in [0.717, 1.165) is 61.4 Å². The monoisotopic (exact) mass is 387 g/mol. The average molecular weight is 388 g/mol. The highest BCUT2D eigenvalue weighted by atomic mass is 35.5. The summed E-state index contributed by atoms with van der Waals surface area (Å²) in [7, 11) is 0. The molecule has 1 spiro atoms. The molecule has 0 aliphatic carbocycles. The van der Waals surface area contributed by atoms with Crippen molar-refractivity contribution >= 4 is 34.6 Å². The van der Waals surface area contributed by atoms with E-state index >= 15 is 0 Å². The Hall–Kier alpha value is -1.53. The summed E-state index contributed by atoms with van der Waals surface area (Å²) in [6, 6.07) is 10.6. The van der Waals surface area contributed by atoms with Gasteiger partial charge in [-0.1, -0.05) is 18.2 Å². The number of fused-ring (bicyclic) bond motifs is 3. The maximum absolute atomic E-state index is 6.33. The van der Waals surface area contributed by atoms with Gasteiger partial charge in [0.25, 0.3) is 0 Å². The fourth-order valence-electron chi connectivity index (χ4n) is 4.12. The first kappa shape index (κ1) is 17.9. The molecule has 0 bridgehead atoms. The molecule has 0 unspecified atom stereocenters. The first-order valence-electron chi connectivity index (χ1n) is 8.97. The van der Waals surface area contributed by atoms with E-state index in [1.807, 2.05) is 24.3 Å². The third-order valence-corrected chi connectivity index (χ3v) is 6.70. The third-order valence-electron chi connectivity index (χ3n) is 5.33. The second kappa shape index (κ2) is 6.89. The van der Waals surface area contributed by atoms with E-state index in [9.17, 15) is 0 Å². The fourth-order valence-corrected chi connectivity index (χ4v) is 5.54. The number of nitrogens with zero attached hydrogens (tertiary/aromatic N) is 2. The van der Waals surface area contributed by atoms with E-state index < -0.39 is 0 Å². The molecule has 1 N–H and O–H groups in total. The predicted octanol–water partition coefficient (Wildman–Crippen LogP) is 4.24. The van der Waals surface area contributed by atoms with Gasteiger partial charge in [-0.25, -0.2) is 9.97 Å². The van der Waals surface area contributed by atoms with Crippen molar-refractivity contribution in [2.45, 2.75) is 31.8 Å². The van der Waals surface area contributed by atoms with Crippen LogP contribution in [0.5, 0.6) is 0 Å². The van der Waals surface area contributed by atoms with Crippen molar-refractivity contribution in [3.63, 3.8) is 0 Å². The van der Waals surface area contributed by atoms with Crippen LogP contribution in [0.3, 0.4) is 0 Å². The minimum atomic E-state index is -0.0837. The maximum atomic E-state index is 6.33. The van der Waals surface area contributed by atoms with Crippen molar-refractivity contribution < 1.29 is 4.74 Å². The van der Waals surface area contributed by atoms with E-state index in [-0.39, 0.29) is 18.0 Å². The van der Waals surface area contributed by atoms with E-state index in [0.29, 0.717) is 0 Å². The minimum Gasteiger partial charge on any atom is -0.369 e. The number of piperidine rings is 1. The normalized spacial score (nSPS) is 18.5. The standard InChI is InChI=1S/C20H21N3OS.ClH/c1-13-22-16-5-3-2-4-15(16)18(23-13)17-12-14-6-11-24-20(19(14)25-17)7-9-21-10-8-20;/h2-5,12,21H,6-11H2,1H3;1H. The number of benzene rings is 1. The molecule has 4 heterocycles. The third kappa shape index (κ3) is 2.83. The van der Waals surface area contributed by atoms with Crippen molar-refractivity contribution in [2.75, 3.05) is 19.7 Å². The molecular weight excluding hydrogens is 366 g/mol. The highest BCUT2D eigenvalue weighted by Crippen LogP contribution is 2.47. The SMILES string of the molecule is Cc1nc(-c2cc3c(s2)C2(CCNCC2)OCC3)c2ccccc2n1.Cl. The van der Waals surface area contributed by atoms with Crippen LogP contribution >= 0.6 is 23.7 Å². The zero-order valence-electron chi connectivity index (χ0n) is 14.7. The van der Waals surface area contributed by atoms with Gasteiger partial charge in [-0.3, -0.25) is 0 Å². The molecule has 0 radical (unpaired) electrons. The Balaban J connectivity index is 0.00000168. The van der Waals surface area contributed by atoms with Crippen LogP contribution in [-0.4, -0.2) is 29.7 Å². The molecule has 0 atom stereocenters. The van der Waals surface area contributed by atoms with E-state index in [2.05, 4.69) is 34.6 Å². The van der Waals surface area contributed by atoms with Crippen LogP contribution in [0, 0.1) is 6.92 Å². The van der Waals surface area contributed by atoms with Gasteiger partial charge in [0.2, 0.25) is 0 Å². The Labute approximate surface area is 163 Å². The lowest BCUT2D eigenvalue weighted by atomic mass is 9.86. The average Bonchev–Trinajstić information content (AvgIpc) is 3.08. The first-order chi connectivity index (χ1) is 12.3. The molecule has 6 heteroatoms. The second-order valence-electron chi connectivity index (χ2n) is 6.94. The van der Waals surface area contributed by atoms with Crippen molar-refractivity contribution in [1.29, 1.82) is 0 Å². The van der Waals surface area contributed by atoms with Crippen LogP contribution in [-0.2, 0) is 16.8 Å². The summed E-state index contributed by atoms with van der Waals surface area (Å²) in [5.41, 5.74) is 3.45. The van der Waals surface area contributed by atoms with Gasteiger partial charge in [0.1, 0.15) is 11.4 Å². The number of thiophene rings is 1. The summed E-state index contributed by atoms with van der Waals surface area (Å²) in [6.45, 7) is 4.86. The molecule has 5 rings (SSSR count). The molecule has 2 aromatic heterocycles. The Bertz CT molecular complexity index is 949. The van der Waals surface area contributed by atoms with Gasteiger partial charge in [-0.15, -0.1) is 23.7 Å². The van der Waals surface area contributed by atoms with Crippen molar-refractivity contribution in [3.05, 3.63) is 46.6 Å². The van der Waals surface area contributed by atoms with Crippen LogP contribution in [0.25, 0.3) is 21.5 Å². The number of para-hydroxylation sites is 1. The largest absolute Gasteiger partial charge is 0.369 e. The first-order valence-corrected chi connectivity index (χ1v) is 9.78. The van der Waals surface area contributed by atoms with Crippen molar-refractivity contribution in [3.8, 4) is 10.6 Å². The number of nitrogens with one attached hydrogen (secondary N) is 1. The topological polar surface area (TPSA) is 47.0 Å². The fraction of sp³-hybridized carbons (Fsp3) is 0.400. The lowest BCUT2D eigenvalue weighted by Gasteiger charge is -2.40. The molecule has 1 fully saturated rings. The molecular formula is C20H22ClN3OS. The highest BCUT2D eigenvalue weighted by Gasteiger charge is 2.40. The Kier molecular flexibility index (Phi) is 4.73. The number of ether oxygens (including phenoxy) is 1. The zero-order valence-corrected chi connectivity index (χ0v) is 16.4. The summed E-state index contributed by atoms with van der Waals surface area (Å²) < 4.78 is 6.33. The van der Waals surface area contributed by atoms with Crippen LogP contribution < -0.4 is 5.32 Å². The Morgan fingerprint density at radius 1 is 1.15 bits per heavy atom. The summed E-state index contributed by atoms with van der Waals surface area (Å²) in [5.74, 6) is 0.827. The smallest absolute Gasteiger partial charge is 0.126 e. The van der Waals surface area contributed by atoms with Gasteiger partial charge in [-0.2, -0.15) is 0 Å². The van der Waals surface area contributed by atoms with Gasteiger partial charge in [-0.05, 0) is 57.0 Å². The summed E-state index contributed by atoms with van der Waals surface area (Å²) in [6.07, 6.45) is 3.12. The second-order valence-corrected chi connectivity index (χ2v) is 8.00. The van der Waals surface area contributed by atoms with Gasteiger partial charge >= 0.3 is 0 Å². The molecule has 136 valence electrons. The predicted molar refractivity (Wildman–Crippen MR) is 108 cm³/mol. The highest BCUT2D eigenvalue weighted by molar-refractivity contribution is 7.15. The molecule has 3 aromatic rings. The summed E-state index contributed by atoms with van der Waals surface area (Å²) >= 11 is 1.87. The number of aryl methyl sites for hydroxylation is 1. The summed E-state index contributed by atoms with van der Waals surface area (Å²) in [4.78, 5) is 12.1. The van der Waals surface area contributed by atoms with E-state index in [1.54, 1.807) is 0 Å². The van der Waals surface area contributed by atoms with Gasteiger partial charge in [0.15, 0.2) is 0 Å². The van der Waals surface area contributed by atoms with E-state index in [4.69, 9.17) is 9.72 Å². The Morgan fingerprint density at radius 2 is 1.96 bits per heavy atom. The lowest BCUT2D eigenvalue weighted by Crippen LogP contribution is -2.43. The molecule has 4 nitrogen and oxygen atoms in total. The van der Waals surface area contributed by atoms with Gasteiger partial charge < -0.3 is 10.1 Å². The van der Waals surface area contributed by atoms with Gasteiger partial charge in [0.05, 0.1) is 22.7 Å². The molecule has 0 saturated carbocycles. The van der Waals surface area contributed by atoms with Crippen molar-refractivity contribution in [2.24, 2.45) is 0 Å². The van der Waals surface area contributed by atoms with Gasteiger partial charge in [0, 0.05) is 10.3 Å². The molecule has 1 saturated heterocycles. The number of rotatable bonds is 1. The van der Waals surface area contributed by atoms with Crippen LogP contribution in [0.15, 0.2) is 30.3 Å². The lowest BCUT2D eigenvalue weighted by molar-refractivity contribution is -0.0771. The van der Waals surface area contributed by atoms with Crippen LogP contribution in [0.1, 0.15) is 29.1 Å². The van der Waals surface area contributed by atoms with E-state index in [1.165, 1.54) is 15.3 Å². The number of hydrogen-bond acceptors (Lipinski definition) is 5. The van der Waals surface area contributed by atoms with Crippen molar-refractivity contribution in [1.82, 2.24) is 15.3 Å². The quantitative estimate of drug-likeness (QED) is 0.678. The number of hydrogen-bond donors (Lipinski definition) is 1. The van der Waals surface area contributed by atoms with Crippen LogP contribution in [0.4, 0.5) is 0 Å². The zero-order chi connectivity index (χ0) is 16.9. The molecule has 2 aliphatic heterocycles. The number of halogens is 1. The molecule has 2 aliphatic rings. The molecule has 26 heavy (non-hydrogen) atoms. The molecule has 1 aromatic carbocycles. The Morgan fingerprint density at radius 3 is 2.81 bits per heavy atom. The van der Waals surface area contributed by atoms with Crippen LogP contribution in [0.2, 0.25) is 0 Å².